The van der Waals surface area contributed by atoms with Crippen molar-refractivity contribution >= 4 is 23.0 Å². The average molecular weight is 270 g/mol. The summed E-state index contributed by atoms with van der Waals surface area (Å²) >= 11 is 5.86. The Labute approximate surface area is 111 Å². The molecular formula is C12H16ClN3O2. The molecule has 1 aromatic rings. The first-order valence-electron chi connectivity index (χ1n) is 6.08. The molecule has 0 radical (unpaired) electrons. The van der Waals surface area contributed by atoms with Gasteiger partial charge in [-0.05, 0) is 31.5 Å². The molecule has 0 spiro atoms. The van der Waals surface area contributed by atoms with Crippen molar-refractivity contribution < 1.29 is 4.92 Å². The molecule has 0 amide bonds. The third-order valence-corrected chi connectivity index (χ3v) is 3.34. The summed E-state index contributed by atoms with van der Waals surface area (Å²) in [6.45, 7) is 1.70. The Kier molecular flexibility index (Phi) is 4.38. The second-order valence-corrected chi connectivity index (χ2v) is 4.88. The number of nitrogens with one attached hydrogen (secondary N) is 2. The molecule has 1 fully saturated rings. The van der Waals surface area contributed by atoms with E-state index < -0.39 is 4.92 Å². The lowest BCUT2D eigenvalue weighted by Gasteiger charge is -2.24. The van der Waals surface area contributed by atoms with Crippen molar-refractivity contribution in [3.05, 3.63) is 33.3 Å². The van der Waals surface area contributed by atoms with E-state index in [0.29, 0.717) is 23.3 Å². The first-order valence-corrected chi connectivity index (χ1v) is 6.46. The SMILES string of the molecule is O=[N+]([O-])c1ccc(Cl)cc1NCC1CCCCN1. The zero-order valence-electron chi connectivity index (χ0n) is 9.99. The number of anilines is 1. The van der Waals surface area contributed by atoms with Gasteiger partial charge in [0.15, 0.2) is 0 Å². The predicted octanol–water partition coefficient (Wildman–Crippen LogP) is 2.80. The van der Waals surface area contributed by atoms with Crippen LogP contribution in [0.4, 0.5) is 11.4 Å². The predicted molar refractivity (Wildman–Crippen MR) is 72.2 cm³/mol. The van der Waals surface area contributed by atoms with Gasteiger partial charge in [0.2, 0.25) is 0 Å². The maximum absolute atomic E-state index is 10.9. The number of halogens is 1. The lowest BCUT2D eigenvalue weighted by molar-refractivity contribution is -0.384. The molecule has 6 heteroatoms. The largest absolute Gasteiger partial charge is 0.378 e. The quantitative estimate of drug-likeness (QED) is 0.651. The fourth-order valence-corrected chi connectivity index (χ4v) is 2.31. The molecule has 1 aliphatic rings. The van der Waals surface area contributed by atoms with Gasteiger partial charge in [0, 0.05) is 23.7 Å². The summed E-state index contributed by atoms with van der Waals surface area (Å²) in [5.41, 5.74) is 0.551. The van der Waals surface area contributed by atoms with Gasteiger partial charge < -0.3 is 10.6 Å². The van der Waals surface area contributed by atoms with Gasteiger partial charge in [0.05, 0.1) is 4.92 Å². The van der Waals surface area contributed by atoms with Crippen LogP contribution in [-0.4, -0.2) is 24.1 Å². The molecule has 98 valence electrons. The van der Waals surface area contributed by atoms with E-state index in [0.717, 1.165) is 13.0 Å². The Bertz CT molecular complexity index is 433. The highest BCUT2D eigenvalue weighted by Gasteiger charge is 2.16. The summed E-state index contributed by atoms with van der Waals surface area (Å²) in [5.74, 6) is 0. The molecule has 18 heavy (non-hydrogen) atoms. The van der Waals surface area contributed by atoms with Crippen LogP contribution >= 0.6 is 11.6 Å². The van der Waals surface area contributed by atoms with E-state index in [1.165, 1.54) is 25.0 Å². The van der Waals surface area contributed by atoms with Crippen LogP contribution in [-0.2, 0) is 0 Å². The highest BCUT2D eigenvalue weighted by atomic mass is 35.5. The maximum atomic E-state index is 10.9. The highest BCUT2D eigenvalue weighted by molar-refractivity contribution is 6.31. The van der Waals surface area contributed by atoms with Crippen LogP contribution in [0.5, 0.6) is 0 Å². The summed E-state index contributed by atoms with van der Waals surface area (Å²) in [7, 11) is 0. The number of piperidine rings is 1. The van der Waals surface area contributed by atoms with Crippen LogP contribution in [0.2, 0.25) is 5.02 Å². The van der Waals surface area contributed by atoms with Gasteiger partial charge in [-0.25, -0.2) is 0 Å². The topological polar surface area (TPSA) is 67.2 Å². The van der Waals surface area contributed by atoms with Gasteiger partial charge in [-0.1, -0.05) is 18.0 Å². The van der Waals surface area contributed by atoms with Gasteiger partial charge in [-0.15, -0.1) is 0 Å². The molecule has 1 aliphatic heterocycles. The molecule has 0 saturated carbocycles. The van der Waals surface area contributed by atoms with Crippen LogP contribution in [0.15, 0.2) is 18.2 Å². The van der Waals surface area contributed by atoms with E-state index in [-0.39, 0.29) is 5.69 Å². The Hall–Kier alpha value is -1.33. The molecule has 1 aromatic carbocycles. The van der Waals surface area contributed by atoms with Crippen molar-refractivity contribution in [2.75, 3.05) is 18.4 Å². The molecule has 0 aromatic heterocycles. The van der Waals surface area contributed by atoms with Crippen molar-refractivity contribution in [3.8, 4) is 0 Å². The molecule has 1 heterocycles. The second-order valence-electron chi connectivity index (χ2n) is 4.45. The van der Waals surface area contributed by atoms with E-state index in [1.54, 1.807) is 6.07 Å². The van der Waals surface area contributed by atoms with Crippen LogP contribution in [0.3, 0.4) is 0 Å². The Morgan fingerprint density at radius 2 is 2.33 bits per heavy atom. The number of nitro groups is 1. The maximum Gasteiger partial charge on any atom is 0.292 e. The van der Waals surface area contributed by atoms with Crippen molar-refractivity contribution in [2.24, 2.45) is 0 Å². The average Bonchev–Trinajstić information content (AvgIpc) is 2.37. The molecule has 1 unspecified atom stereocenters. The molecule has 1 atom stereocenters. The minimum Gasteiger partial charge on any atom is -0.378 e. The van der Waals surface area contributed by atoms with Gasteiger partial charge in [0.25, 0.3) is 5.69 Å². The van der Waals surface area contributed by atoms with Crippen molar-refractivity contribution in [2.45, 2.75) is 25.3 Å². The minimum absolute atomic E-state index is 0.0650. The van der Waals surface area contributed by atoms with E-state index in [9.17, 15) is 10.1 Å². The Morgan fingerprint density at radius 1 is 1.50 bits per heavy atom. The highest BCUT2D eigenvalue weighted by Crippen LogP contribution is 2.27. The summed E-state index contributed by atoms with van der Waals surface area (Å²) < 4.78 is 0. The number of nitro benzene ring substituents is 1. The third-order valence-electron chi connectivity index (χ3n) is 3.11. The molecule has 0 aliphatic carbocycles. The number of nitrogens with zero attached hydrogens (tertiary/aromatic N) is 1. The van der Waals surface area contributed by atoms with Crippen molar-refractivity contribution in [3.63, 3.8) is 0 Å². The Morgan fingerprint density at radius 3 is 3.00 bits per heavy atom. The van der Waals surface area contributed by atoms with Gasteiger partial charge in [-0.2, -0.15) is 0 Å². The van der Waals surface area contributed by atoms with E-state index >= 15 is 0 Å². The molecule has 5 nitrogen and oxygen atoms in total. The summed E-state index contributed by atoms with van der Waals surface area (Å²) in [4.78, 5) is 10.5. The van der Waals surface area contributed by atoms with Gasteiger partial charge >= 0.3 is 0 Å². The zero-order chi connectivity index (χ0) is 13.0. The van der Waals surface area contributed by atoms with Gasteiger partial charge in [-0.3, -0.25) is 10.1 Å². The summed E-state index contributed by atoms with van der Waals surface area (Å²) in [6.07, 6.45) is 3.51. The van der Waals surface area contributed by atoms with E-state index in [2.05, 4.69) is 10.6 Å². The number of benzene rings is 1. The molecular weight excluding hydrogens is 254 g/mol. The summed E-state index contributed by atoms with van der Waals surface area (Å²) in [5, 5.41) is 17.9. The zero-order valence-corrected chi connectivity index (χ0v) is 10.7. The third kappa shape index (κ3) is 3.34. The molecule has 2 rings (SSSR count). The summed E-state index contributed by atoms with van der Waals surface area (Å²) in [6, 6.07) is 4.93. The number of rotatable bonds is 4. The number of hydrogen-bond donors (Lipinski definition) is 2. The minimum atomic E-state index is -0.396. The number of hydrogen-bond acceptors (Lipinski definition) is 4. The normalized spacial score (nSPS) is 19.5. The van der Waals surface area contributed by atoms with Crippen molar-refractivity contribution in [1.29, 1.82) is 0 Å². The lowest BCUT2D eigenvalue weighted by Crippen LogP contribution is -2.39. The van der Waals surface area contributed by atoms with Crippen LogP contribution < -0.4 is 10.6 Å². The smallest absolute Gasteiger partial charge is 0.292 e. The standard InChI is InChI=1S/C12H16ClN3O2/c13-9-4-5-12(16(17)18)11(7-9)15-8-10-3-1-2-6-14-10/h4-5,7,10,14-15H,1-3,6,8H2. The molecule has 0 bridgehead atoms. The monoisotopic (exact) mass is 269 g/mol. The first-order chi connectivity index (χ1) is 8.66. The fourth-order valence-electron chi connectivity index (χ4n) is 2.14. The van der Waals surface area contributed by atoms with E-state index in [4.69, 9.17) is 11.6 Å². The first kappa shape index (κ1) is 13.1. The van der Waals surface area contributed by atoms with Crippen LogP contribution in [0, 0.1) is 10.1 Å². The lowest BCUT2D eigenvalue weighted by atomic mass is 10.1. The fraction of sp³-hybridized carbons (Fsp3) is 0.500. The molecule has 1 saturated heterocycles. The second kappa shape index (κ2) is 6.02. The van der Waals surface area contributed by atoms with Gasteiger partial charge in [0.1, 0.15) is 5.69 Å². The molecule has 2 N–H and O–H groups in total. The van der Waals surface area contributed by atoms with E-state index in [1.807, 2.05) is 0 Å². The van der Waals surface area contributed by atoms with Crippen molar-refractivity contribution in [1.82, 2.24) is 5.32 Å². The van der Waals surface area contributed by atoms with Crippen LogP contribution in [0.25, 0.3) is 0 Å². The Balaban J connectivity index is 2.03. The van der Waals surface area contributed by atoms with Crippen LogP contribution in [0.1, 0.15) is 19.3 Å².